The van der Waals surface area contributed by atoms with Gasteiger partial charge >= 0.3 is 11.9 Å². The second kappa shape index (κ2) is 11.1. The number of carboxylic acids is 2. The number of carbonyl (C=O) groups is 2. The van der Waals surface area contributed by atoms with E-state index in [4.69, 9.17) is 21.7 Å². The lowest BCUT2D eigenvalue weighted by Crippen LogP contribution is -2.29. The Kier molecular flexibility index (Phi) is 11.7. The molecule has 0 aromatic carbocycles. The molecule has 0 fully saturated rings. The largest absolute Gasteiger partial charge is 0.481 e. The fourth-order valence-corrected chi connectivity index (χ4v) is 0.888. The van der Waals surface area contributed by atoms with Crippen molar-refractivity contribution in [1.82, 2.24) is 0 Å². The van der Waals surface area contributed by atoms with Crippen LogP contribution in [0, 0.1) is 0 Å². The Morgan fingerprint density at radius 3 is 2.00 bits per heavy atom. The molecule has 0 aliphatic heterocycles. The molecular formula is C11H22N2O4. The van der Waals surface area contributed by atoms with E-state index in [0.29, 0.717) is 0 Å². The summed E-state index contributed by atoms with van der Waals surface area (Å²) in [7, 11) is 0. The molecule has 0 aliphatic carbocycles. The van der Waals surface area contributed by atoms with Gasteiger partial charge in [-0.25, -0.2) is 4.79 Å². The van der Waals surface area contributed by atoms with Crippen LogP contribution in [0.2, 0.25) is 0 Å². The van der Waals surface area contributed by atoms with Crippen LogP contribution in [-0.2, 0) is 9.59 Å². The van der Waals surface area contributed by atoms with E-state index in [-0.39, 0.29) is 11.7 Å². The Balaban J connectivity index is 0. The zero-order valence-corrected chi connectivity index (χ0v) is 10.2. The molecule has 0 atom stereocenters. The molecule has 0 saturated carbocycles. The second-order valence-corrected chi connectivity index (χ2v) is 3.64. The van der Waals surface area contributed by atoms with Gasteiger partial charge in [-0.1, -0.05) is 32.8 Å². The fraction of sp³-hybridized carbons (Fsp3) is 0.636. The van der Waals surface area contributed by atoms with Crippen molar-refractivity contribution in [1.29, 1.82) is 0 Å². The molecule has 0 heterocycles. The van der Waals surface area contributed by atoms with Crippen LogP contribution in [0.15, 0.2) is 12.2 Å². The molecule has 0 aromatic rings. The molecule has 0 rings (SSSR count). The third kappa shape index (κ3) is 17.2. The summed E-state index contributed by atoms with van der Waals surface area (Å²) in [6.07, 6.45) is 4.04. The van der Waals surface area contributed by atoms with Gasteiger partial charge in [0.05, 0.1) is 12.6 Å². The highest BCUT2D eigenvalue weighted by atomic mass is 16.4. The van der Waals surface area contributed by atoms with Crippen molar-refractivity contribution < 1.29 is 19.8 Å². The molecule has 0 aliphatic rings. The average molecular weight is 246 g/mol. The molecule has 0 saturated heterocycles. The van der Waals surface area contributed by atoms with Crippen LogP contribution in [0.3, 0.4) is 0 Å². The van der Waals surface area contributed by atoms with Crippen molar-refractivity contribution >= 4 is 11.9 Å². The number of aliphatic carboxylic acids is 2. The summed E-state index contributed by atoms with van der Waals surface area (Å²) in [5.41, 5.74) is 10.3. The Labute approximate surface area is 101 Å². The topological polar surface area (TPSA) is 127 Å². The van der Waals surface area contributed by atoms with Gasteiger partial charge < -0.3 is 21.7 Å². The van der Waals surface area contributed by atoms with E-state index in [2.05, 4.69) is 13.5 Å². The lowest BCUT2D eigenvalue weighted by atomic mass is 10.2. The van der Waals surface area contributed by atoms with Gasteiger partial charge in [-0.3, -0.25) is 4.79 Å². The number of hydrogen-bond donors (Lipinski definition) is 4. The molecule has 0 unspecified atom stereocenters. The summed E-state index contributed by atoms with van der Waals surface area (Å²) in [6, 6.07) is 0. The van der Waals surface area contributed by atoms with Crippen molar-refractivity contribution in [2.24, 2.45) is 11.5 Å². The third-order valence-corrected chi connectivity index (χ3v) is 1.81. The predicted octanol–water partition coefficient (Wildman–Crippen LogP) is 0.912. The van der Waals surface area contributed by atoms with E-state index in [0.717, 1.165) is 6.42 Å². The van der Waals surface area contributed by atoms with E-state index in [9.17, 15) is 9.59 Å². The quantitative estimate of drug-likeness (QED) is 0.300. The van der Waals surface area contributed by atoms with Crippen LogP contribution in [-0.4, -0.2) is 28.3 Å². The van der Waals surface area contributed by atoms with E-state index < -0.39 is 18.4 Å². The van der Waals surface area contributed by atoms with Crippen molar-refractivity contribution in [2.75, 3.05) is 0 Å². The summed E-state index contributed by atoms with van der Waals surface area (Å²) in [6.45, 7) is 5.18. The molecule has 6 heteroatoms. The summed E-state index contributed by atoms with van der Waals surface area (Å²) in [4.78, 5) is 19.7. The average Bonchev–Trinajstić information content (AvgIpc) is 2.17. The molecular weight excluding hydrogens is 224 g/mol. The van der Waals surface area contributed by atoms with Crippen molar-refractivity contribution in [3.63, 3.8) is 0 Å². The summed E-state index contributed by atoms with van der Waals surface area (Å²) in [5.74, 6) is -2.44. The maximum atomic E-state index is 9.87. The number of nitrogens with two attached hydrogens (primary N) is 2. The zero-order valence-electron chi connectivity index (χ0n) is 10.2. The molecule has 0 spiro atoms. The van der Waals surface area contributed by atoms with Crippen LogP contribution < -0.4 is 11.5 Å². The minimum absolute atomic E-state index is 0.0958. The van der Waals surface area contributed by atoms with Gasteiger partial charge in [-0.2, -0.15) is 0 Å². The fourth-order valence-electron chi connectivity index (χ4n) is 0.888. The monoisotopic (exact) mass is 246 g/mol. The van der Waals surface area contributed by atoms with Gasteiger partial charge in [0, 0.05) is 5.57 Å². The minimum Gasteiger partial charge on any atom is -0.481 e. The van der Waals surface area contributed by atoms with Gasteiger partial charge in [0.15, 0.2) is 0 Å². The van der Waals surface area contributed by atoms with Crippen LogP contribution in [0.25, 0.3) is 0 Å². The van der Waals surface area contributed by atoms with E-state index >= 15 is 0 Å². The van der Waals surface area contributed by atoms with Crippen molar-refractivity contribution in [3.8, 4) is 0 Å². The highest BCUT2D eigenvalue weighted by molar-refractivity contribution is 5.91. The lowest BCUT2D eigenvalue weighted by Gasteiger charge is -2.01. The number of carboxylic acid groups (broad SMARTS) is 2. The molecule has 0 bridgehead atoms. The van der Waals surface area contributed by atoms with Gasteiger partial charge in [-0.15, -0.1) is 0 Å². The number of unbranched alkanes of at least 4 members (excludes halogenated alkanes) is 2. The lowest BCUT2D eigenvalue weighted by molar-refractivity contribution is -0.139. The first-order chi connectivity index (χ1) is 7.81. The molecule has 17 heavy (non-hydrogen) atoms. The van der Waals surface area contributed by atoms with Crippen molar-refractivity contribution in [2.45, 2.75) is 45.2 Å². The van der Waals surface area contributed by atoms with Crippen LogP contribution in [0.5, 0.6) is 0 Å². The van der Waals surface area contributed by atoms with Crippen LogP contribution in [0.1, 0.15) is 39.0 Å². The smallest absolute Gasteiger partial charge is 0.331 e. The number of rotatable bonds is 7. The third-order valence-electron chi connectivity index (χ3n) is 1.81. The van der Waals surface area contributed by atoms with E-state index in [1.165, 1.54) is 19.3 Å². The molecule has 100 valence electrons. The first-order valence-electron chi connectivity index (χ1n) is 5.45. The van der Waals surface area contributed by atoms with Crippen LogP contribution >= 0.6 is 0 Å². The maximum Gasteiger partial charge on any atom is 0.331 e. The Morgan fingerprint density at radius 1 is 1.24 bits per heavy atom. The van der Waals surface area contributed by atoms with Crippen molar-refractivity contribution in [3.05, 3.63) is 12.2 Å². The van der Waals surface area contributed by atoms with Crippen LogP contribution in [0.4, 0.5) is 0 Å². The number of hydrogen-bond acceptors (Lipinski definition) is 4. The maximum absolute atomic E-state index is 9.87. The molecule has 0 aromatic heterocycles. The molecule has 0 amide bonds. The van der Waals surface area contributed by atoms with E-state index in [1.807, 2.05) is 0 Å². The minimum atomic E-state index is -1.27. The normalized spacial score (nSPS) is 9.41. The Bertz CT molecular complexity index is 252. The Hall–Kier alpha value is -1.40. The highest BCUT2D eigenvalue weighted by Gasteiger charge is 2.07. The van der Waals surface area contributed by atoms with Gasteiger partial charge in [0.25, 0.3) is 0 Å². The highest BCUT2D eigenvalue weighted by Crippen LogP contribution is 1.97. The summed E-state index contributed by atoms with van der Waals surface area (Å²) < 4.78 is 0. The molecule has 0 radical (unpaired) electrons. The molecule has 6 N–H and O–H groups in total. The zero-order chi connectivity index (χ0) is 13.8. The van der Waals surface area contributed by atoms with E-state index in [1.54, 1.807) is 0 Å². The van der Waals surface area contributed by atoms with Gasteiger partial charge in [0.2, 0.25) is 0 Å². The van der Waals surface area contributed by atoms with Gasteiger partial charge in [0.1, 0.15) is 0 Å². The first-order valence-corrected chi connectivity index (χ1v) is 5.45. The predicted molar refractivity (Wildman–Crippen MR) is 65.3 cm³/mol. The Morgan fingerprint density at radius 2 is 1.76 bits per heavy atom. The SMILES string of the molecule is C=C(CC(=O)O)C(=O)O.CCCCCC(N)N. The first kappa shape index (κ1) is 18.0. The molecule has 6 nitrogen and oxygen atoms in total. The second-order valence-electron chi connectivity index (χ2n) is 3.64. The standard InChI is InChI=1S/C6H16N2.C5H6O4/c1-2-3-4-5-6(7)8;1-3(5(8)9)2-4(6)7/h6H,2-5,7-8H2,1H3;1-2H2,(H,6,7)(H,8,9). The summed E-state index contributed by atoms with van der Waals surface area (Å²) >= 11 is 0. The van der Waals surface area contributed by atoms with Gasteiger partial charge in [-0.05, 0) is 6.42 Å². The summed E-state index contributed by atoms with van der Waals surface area (Å²) in [5, 5.41) is 16.1.